The number of carbonyl (C=O) groups is 1. The number of rotatable bonds is 5. The zero-order valence-corrected chi connectivity index (χ0v) is 12.6. The maximum absolute atomic E-state index is 11.9. The van der Waals surface area contributed by atoms with Gasteiger partial charge in [0.05, 0.1) is 15.5 Å². The van der Waals surface area contributed by atoms with E-state index >= 15 is 0 Å². The first kappa shape index (κ1) is 16.0. The van der Waals surface area contributed by atoms with Crippen LogP contribution in [0.4, 0.5) is 0 Å². The second kappa shape index (κ2) is 6.39. The Morgan fingerprint density at radius 1 is 1.53 bits per heavy atom. The molecule has 8 heteroatoms. The summed E-state index contributed by atoms with van der Waals surface area (Å²) >= 11 is 8.79. The number of carboxylic acids is 1. The normalized spacial score (nSPS) is 11.0. The SMILES string of the molecule is C#CCCNS(=O)(=O)c1cc(Br)c(Cl)c(C(=O)O)c1. The highest BCUT2D eigenvalue weighted by atomic mass is 79.9. The number of hydrogen-bond donors (Lipinski definition) is 2. The Morgan fingerprint density at radius 2 is 2.16 bits per heavy atom. The van der Waals surface area contributed by atoms with Crippen molar-refractivity contribution < 1.29 is 18.3 Å². The predicted molar refractivity (Wildman–Crippen MR) is 74.7 cm³/mol. The van der Waals surface area contributed by atoms with Gasteiger partial charge in [-0.2, -0.15) is 0 Å². The molecular weight excluding hydrogens is 358 g/mol. The topological polar surface area (TPSA) is 83.5 Å². The van der Waals surface area contributed by atoms with E-state index in [2.05, 4.69) is 26.6 Å². The number of nitrogens with one attached hydrogen (secondary N) is 1. The Morgan fingerprint density at radius 3 is 2.68 bits per heavy atom. The van der Waals surface area contributed by atoms with E-state index in [4.69, 9.17) is 23.1 Å². The van der Waals surface area contributed by atoms with Gasteiger partial charge in [0, 0.05) is 17.4 Å². The first-order chi connectivity index (χ1) is 8.79. The summed E-state index contributed by atoms with van der Waals surface area (Å²) < 4.78 is 26.3. The smallest absolute Gasteiger partial charge is 0.337 e. The van der Waals surface area contributed by atoms with E-state index in [1.165, 1.54) is 6.07 Å². The first-order valence-corrected chi connectivity index (χ1v) is 7.60. The number of halogens is 2. The summed E-state index contributed by atoms with van der Waals surface area (Å²) in [5, 5.41) is 8.89. The highest BCUT2D eigenvalue weighted by Crippen LogP contribution is 2.29. The van der Waals surface area contributed by atoms with Crippen LogP contribution < -0.4 is 4.72 Å². The second-order valence-electron chi connectivity index (χ2n) is 3.42. The van der Waals surface area contributed by atoms with Crippen molar-refractivity contribution in [1.82, 2.24) is 4.72 Å². The Bertz CT molecular complexity index is 651. The third-order valence-electron chi connectivity index (χ3n) is 2.10. The molecule has 0 spiro atoms. The third kappa shape index (κ3) is 3.94. The van der Waals surface area contributed by atoms with Gasteiger partial charge >= 0.3 is 5.97 Å². The molecule has 0 fully saturated rings. The fourth-order valence-corrected chi connectivity index (χ4v) is 3.10. The fraction of sp³-hybridized carbons (Fsp3) is 0.182. The summed E-state index contributed by atoms with van der Waals surface area (Å²) in [6.45, 7) is 0.0709. The molecule has 2 N–H and O–H groups in total. The van der Waals surface area contributed by atoms with Crippen LogP contribution in [0.5, 0.6) is 0 Å². The molecule has 1 aromatic carbocycles. The fourth-order valence-electron chi connectivity index (χ4n) is 1.22. The first-order valence-electron chi connectivity index (χ1n) is 4.95. The van der Waals surface area contributed by atoms with Gasteiger partial charge in [-0.1, -0.05) is 11.6 Å². The highest BCUT2D eigenvalue weighted by molar-refractivity contribution is 9.10. The van der Waals surface area contributed by atoms with E-state index in [1.807, 2.05) is 0 Å². The number of hydrogen-bond acceptors (Lipinski definition) is 3. The molecular formula is C11H9BrClNO4S. The molecule has 0 radical (unpaired) electrons. The third-order valence-corrected chi connectivity index (χ3v) is 4.81. The highest BCUT2D eigenvalue weighted by Gasteiger charge is 2.20. The second-order valence-corrected chi connectivity index (χ2v) is 6.42. The summed E-state index contributed by atoms with van der Waals surface area (Å²) in [5.74, 6) is 0.977. The average molecular weight is 367 g/mol. The molecule has 0 aliphatic heterocycles. The summed E-state index contributed by atoms with van der Waals surface area (Å²) in [6.07, 6.45) is 5.25. The van der Waals surface area contributed by atoms with Gasteiger partial charge in [-0.05, 0) is 28.1 Å². The van der Waals surface area contributed by atoms with Gasteiger partial charge in [0.15, 0.2) is 0 Å². The Kier molecular flexibility index (Phi) is 5.38. The van der Waals surface area contributed by atoms with Crippen molar-refractivity contribution in [2.45, 2.75) is 11.3 Å². The molecule has 0 saturated carbocycles. The monoisotopic (exact) mass is 365 g/mol. The zero-order valence-electron chi connectivity index (χ0n) is 9.48. The van der Waals surface area contributed by atoms with Crippen molar-refractivity contribution in [1.29, 1.82) is 0 Å². The van der Waals surface area contributed by atoms with Gasteiger partial charge in [0.25, 0.3) is 0 Å². The Hall–Kier alpha value is -1.07. The molecule has 0 saturated heterocycles. The Labute approximate surface area is 124 Å². The molecule has 0 unspecified atom stereocenters. The van der Waals surface area contributed by atoms with Crippen molar-refractivity contribution in [3.63, 3.8) is 0 Å². The molecule has 1 rings (SSSR count). The molecule has 5 nitrogen and oxygen atoms in total. The van der Waals surface area contributed by atoms with Gasteiger partial charge in [0.1, 0.15) is 0 Å². The number of terminal acetylenes is 1. The van der Waals surface area contributed by atoms with Crippen molar-refractivity contribution in [3.05, 3.63) is 27.2 Å². The summed E-state index contributed by atoms with van der Waals surface area (Å²) in [5.41, 5.74) is -0.298. The lowest BCUT2D eigenvalue weighted by molar-refractivity contribution is 0.0696. The lowest BCUT2D eigenvalue weighted by Gasteiger charge is -2.08. The molecule has 19 heavy (non-hydrogen) atoms. The largest absolute Gasteiger partial charge is 0.478 e. The van der Waals surface area contributed by atoms with E-state index in [0.717, 1.165) is 6.07 Å². The van der Waals surface area contributed by atoms with E-state index in [-0.39, 0.29) is 32.9 Å². The average Bonchev–Trinajstić information content (AvgIpc) is 2.32. The lowest BCUT2D eigenvalue weighted by atomic mass is 10.2. The molecule has 0 aliphatic rings. The quantitative estimate of drug-likeness (QED) is 0.617. The number of carboxylic acid groups (broad SMARTS) is 1. The van der Waals surface area contributed by atoms with E-state index in [0.29, 0.717) is 0 Å². The van der Waals surface area contributed by atoms with Crippen LogP contribution in [-0.2, 0) is 10.0 Å². The van der Waals surface area contributed by atoms with Crippen LogP contribution in [0.3, 0.4) is 0 Å². The Balaban J connectivity index is 3.22. The molecule has 0 aliphatic carbocycles. The minimum atomic E-state index is -3.83. The van der Waals surface area contributed by atoms with Gasteiger partial charge in [-0.3, -0.25) is 0 Å². The van der Waals surface area contributed by atoms with Gasteiger partial charge in [-0.25, -0.2) is 17.9 Å². The molecule has 0 heterocycles. The molecule has 102 valence electrons. The van der Waals surface area contributed by atoms with Crippen LogP contribution in [0.1, 0.15) is 16.8 Å². The van der Waals surface area contributed by atoms with Gasteiger partial charge in [-0.15, -0.1) is 12.3 Å². The van der Waals surface area contributed by atoms with Crippen molar-refractivity contribution in [2.75, 3.05) is 6.54 Å². The van der Waals surface area contributed by atoms with Crippen LogP contribution in [-0.4, -0.2) is 26.0 Å². The molecule has 0 bridgehead atoms. The standard InChI is InChI=1S/C11H9BrClNO4S/c1-2-3-4-14-19(17,18)7-5-8(11(15)16)10(13)9(12)6-7/h1,5-6,14H,3-4H2,(H,15,16). The summed E-state index contributed by atoms with van der Waals surface area (Å²) in [7, 11) is -3.83. The minimum Gasteiger partial charge on any atom is -0.478 e. The maximum atomic E-state index is 11.9. The number of sulfonamides is 1. The van der Waals surface area contributed by atoms with E-state index in [9.17, 15) is 13.2 Å². The molecule has 0 amide bonds. The van der Waals surface area contributed by atoms with E-state index < -0.39 is 16.0 Å². The van der Waals surface area contributed by atoms with Crippen LogP contribution >= 0.6 is 27.5 Å². The van der Waals surface area contributed by atoms with Crippen LogP contribution in [0.2, 0.25) is 5.02 Å². The van der Waals surface area contributed by atoms with E-state index in [1.54, 1.807) is 0 Å². The molecule has 0 aromatic heterocycles. The van der Waals surface area contributed by atoms with Crippen LogP contribution in [0.25, 0.3) is 0 Å². The number of benzene rings is 1. The van der Waals surface area contributed by atoms with Gasteiger partial charge in [0.2, 0.25) is 10.0 Å². The maximum Gasteiger partial charge on any atom is 0.337 e. The van der Waals surface area contributed by atoms with Crippen molar-refractivity contribution in [3.8, 4) is 12.3 Å². The molecule has 0 atom stereocenters. The molecule has 1 aromatic rings. The minimum absolute atomic E-state index is 0.0601. The summed E-state index contributed by atoms with van der Waals surface area (Å²) in [6, 6.07) is 2.22. The van der Waals surface area contributed by atoms with Crippen LogP contribution in [0.15, 0.2) is 21.5 Å². The predicted octanol–water partition coefficient (Wildman–Crippen LogP) is 2.10. The van der Waals surface area contributed by atoms with Gasteiger partial charge < -0.3 is 5.11 Å². The van der Waals surface area contributed by atoms with Crippen molar-refractivity contribution in [2.24, 2.45) is 0 Å². The van der Waals surface area contributed by atoms with Crippen molar-refractivity contribution >= 4 is 43.5 Å². The summed E-state index contributed by atoms with van der Waals surface area (Å²) in [4.78, 5) is 10.8. The number of aromatic carboxylic acids is 1. The zero-order chi connectivity index (χ0) is 14.6. The lowest BCUT2D eigenvalue weighted by Crippen LogP contribution is -2.25. The van der Waals surface area contributed by atoms with Crippen LogP contribution in [0, 0.1) is 12.3 Å².